The molecule has 1 aromatic heterocycles. The molecular formula is C20H20N2O2. The van der Waals surface area contributed by atoms with Crippen LogP contribution in [0.3, 0.4) is 0 Å². The molecular weight excluding hydrogens is 300 g/mol. The van der Waals surface area contributed by atoms with E-state index in [0.717, 1.165) is 39.9 Å². The van der Waals surface area contributed by atoms with Crippen molar-refractivity contribution in [3.8, 4) is 5.75 Å². The zero-order chi connectivity index (χ0) is 16.5. The first-order valence-corrected chi connectivity index (χ1v) is 8.29. The van der Waals surface area contributed by atoms with Crippen LogP contribution in [0, 0.1) is 6.92 Å². The number of hydrogen-bond acceptors (Lipinski definition) is 2. The van der Waals surface area contributed by atoms with E-state index in [0.29, 0.717) is 13.0 Å². The molecule has 0 saturated carbocycles. The lowest BCUT2D eigenvalue weighted by molar-refractivity contribution is -0.121. The first-order chi connectivity index (χ1) is 11.7. The number of fused-ring (bicyclic) bond motifs is 2. The molecule has 4 nitrogen and oxygen atoms in total. The highest BCUT2D eigenvalue weighted by Crippen LogP contribution is 2.31. The third-order valence-electron chi connectivity index (χ3n) is 4.66. The molecule has 0 unspecified atom stereocenters. The predicted molar refractivity (Wildman–Crippen MR) is 94.2 cm³/mol. The van der Waals surface area contributed by atoms with E-state index in [1.165, 1.54) is 0 Å². The Hall–Kier alpha value is -2.75. The second-order valence-electron chi connectivity index (χ2n) is 6.25. The number of para-hydroxylation sites is 2. The molecule has 1 aliphatic rings. The minimum Gasteiger partial charge on any atom is -0.493 e. The van der Waals surface area contributed by atoms with Crippen LogP contribution in [0.4, 0.5) is 0 Å². The normalized spacial score (nSPS) is 16.5. The number of carbonyl (C=O) groups excluding carboxylic acids is 1. The number of carbonyl (C=O) groups is 1. The molecule has 4 heteroatoms. The molecule has 2 heterocycles. The molecule has 1 aliphatic heterocycles. The van der Waals surface area contributed by atoms with E-state index < -0.39 is 0 Å². The maximum Gasteiger partial charge on any atom is 0.224 e. The summed E-state index contributed by atoms with van der Waals surface area (Å²) in [6, 6.07) is 16.0. The summed E-state index contributed by atoms with van der Waals surface area (Å²) < 4.78 is 5.66. The largest absolute Gasteiger partial charge is 0.493 e. The average molecular weight is 320 g/mol. The van der Waals surface area contributed by atoms with Crippen LogP contribution in [-0.4, -0.2) is 17.5 Å². The van der Waals surface area contributed by atoms with Crippen molar-refractivity contribution in [2.24, 2.45) is 0 Å². The van der Waals surface area contributed by atoms with Gasteiger partial charge in [0.15, 0.2) is 0 Å². The Kier molecular flexibility index (Phi) is 3.73. The molecule has 0 spiro atoms. The van der Waals surface area contributed by atoms with E-state index in [4.69, 9.17) is 4.74 Å². The van der Waals surface area contributed by atoms with E-state index >= 15 is 0 Å². The van der Waals surface area contributed by atoms with Crippen molar-refractivity contribution >= 4 is 16.8 Å². The number of rotatable bonds is 3. The van der Waals surface area contributed by atoms with Gasteiger partial charge in [0, 0.05) is 28.6 Å². The highest BCUT2D eigenvalue weighted by Gasteiger charge is 2.23. The molecule has 2 N–H and O–H groups in total. The molecule has 0 radical (unpaired) electrons. The Morgan fingerprint density at radius 3 is 2.92 bits per heavy atom. The van der Waals surface area contributed by atoms with E-state index in [1.54, 1.807) is 0 Å². The highest BCUT2D eigenvalue weighted by atomic mass is 16.5. The van der Waals surface area contributed by atoms with Crippen molar-refractivity contribution in [1.29, 1.82) is 0 Å². The first kappa shape index (κ1) is 14.8. The molecule has 1 atom stereocenters. The van der Waals surface area contributed by atoms with Crippen molar-refractivity contribution in [3.05, 3.63) is 65.4 Å². The highest BCUT2D eigenvalue weighted by molar-refractivity contribution is 5.90. The van der Waals surface area contributed by atoms with Crippen LogP contribution in [0.5, 0.6) is 5.75 Å². The van der Waals surface area contributed by atoms with Gasteiger partial charge >= 0.3 is 0 Å². The van der Waals surface area contributed by atoms with Gasteiger partial charge in [0.25, 0.3) is 0 Å². The fourth-order valence-corrected chi connectivity index (χ4v) is 3.46. The van der Waals surface area contributed by atoms with E-state index in [2.05, 4.69) is 16.4 Å². The number of aromatic amines is 1. The standard InChI is InChI=1S/C20H20N2O2/c1-13-16(14-6-2-4-8-17(14)21-13)12-20(23)22-18-10-11-24-19-9-5-3-7-15(18)19/h2-9,18,21H,10-12H2,1H3,(H,22,23)/t18-/m0/s1. The van der Waals surface area contributed by atoms with Gasteiger partial charge in [-0.2, -0.15) is 0 Å². The lowest BCUT2D eigenvalue weighted by Crippen LogP contribution is -2.33. The van der Waals surface area contributed by atoms with Crippen LogP contribution < -0.4 is 10.1 Å². The van der Waals surface area contributed by atoms with Crippen molar-refractivity contribution < 1.29 is 9.53 Å². The van der Waals surface area contributed by atoms with E-state index in [1.807, 2.05) is 49.4 Å². The number of aromatic nitrogens is 1. The smallest absolute Gasteiger partial charge is 0.224 e. The Morgan fingerprint density at radius 1 is 1.21 bits per heavy atom. The van der Waals surface area contributed by atoms with Gasteiger partial charge in [-0.3, -0.25) is 4.79 Å². The first-order valence-electron chi connectivity index (χ1n) is 8.29. The summed E-state index contributed by atoms with van der Waals surface area (Å²) in [7, 11) is 0. The second kappa shape index (κ2) is 6.04. The van der Waals surface area contributed by atoms with Gasteiger partial charge < -0.3 is 15.0 Å². The summed E-state index contributed by atoms with van der Waals surface area (Å²) in [5.74, 6) is 0.918. The summed E-state index contributed by atoms with van der Waals surface area (Å²) >= 11 is 0. The maximum atomic E-state index is 12.6. The Bertz CT molecular complexity index is 898. The Balaban J connectivity index is 1.54. The molecule has 1 amide bonds. The average Bonchev–Trinajstić information content (AvgIpc) is 2.91. The van der Waals surface area contributed by atoms with Crippen molar-refractivity contribution in [2.45, 2.75) is 25.8 Å². The molecule has 0 bridgehead atoms. The van der Waals surface area contributed by atoms with Crippen LogP contribution >= 0.6 is 0 Å². The van der Waals surface area contributed by atoms with Crippen LogP contribution in [0.1, 0.15) is 29.3 Å². The van der Waals surface area contributed by atoms with Gasteiger partial charge in [-0.25, -0.2) is 0 Å². The molecule has 0 aliphatic carbocycles. The van der Waals surface area contributed by atoms with E-state index in [-0.39, 0.29) is 11.9 Å². The second-order valence-corrected chi connectivity index (χ2v) is 6.25. The monoisotopic (exact) mass is 320 g/mol. The Labute approximate surface area is 140 Å². The number of aryl methyl sites for hydroxylation is 1. The lowest BCUT2D eigenvalue weighted by Gasteiger charge is -2.26. The molecule has 3 aromatic rings. The zero-order valence-corrected chi connectivity index (χ0v) is 13.6. The minimum absolute atomic E-state index is 0.0213. The van der Waals surface area contributed by atoms with Gasteiger partial charge in [0.05, 0.1) is 19.1 Å². The van der Waals surface area contributed by atoms with Crippen LogP contribution in [-0.2, 0) is 11.2 Å². The number of nitrogens with one attached hydrogen (secondary N) is 2. The van der Waals surface area contributed by atoms with Crippen molar-refractivity contribution in [2.75, 3.05) is 6.61 Å². The number of benzene rings is 2. The maximum absolute atomic E-state index is 12.6. The molecule has 122 valence electrons. The minimum atomic E-state index is 0.0213. The fraction of sp³-hybridized carbons (Fsp3) is 0.250. The van der Waals surface area contributed by atoms with Crippen molar-refractivity contribution in [1.82, 2.24) is 10.3 Å². The van der Waals surface area contributed by atoms with Crippen molar-refractivity contribution in [3.63, 3.8) is 0 Å². The molecule has 24 heavy (non-hydrogen) atoms. The van der Waals surface area contributed by atoms with Crippen LogP contribution in [0.25, 0.3) is 10.9 Å². The number of amides is 1. The van der Waals surface area contributed by atoms with Gasteiger partial charge in [0.1, 0.15) is 5.75 Å². The lowest BCUT2D eigenvalue weighted by atomic mass is 10.00. The quantitative estimate of drug-likeness (QED) is 0.774. The summed E-state index contributed by atoms with van der Waals surface area (Å²) in [4.78, 5) is 16.0. The number of ether oxygens (including phenoxy) is 1. The third kappa shape index (κ3) is 2.64. The molecule has 0 fully saturated rings. The fourth-order valence-electron chi connectivity index (χ4n) is 3.46. The molecule has 4 rings (SSSR count). The summed E-state index contributed by atoms with van der Waals surface area (Å²) in [6.45, 7) is 2.65. The van der Waals surface area contributed by atoms with Gasteiger partial charge in [-0.1, -0.05) is 36.4 Å². The van der Waals surface area contributed by atoms with Gasteiger partial charge in [0.2, 0.25) is 5.91 Å². The number of hydrogen-bond donors (Lipinski definition) is 2. The van der Waals surface area contributed by atoms with Crippen LogP contribution in [0.15, 0.2) is 48.5 Å². The molecule has 2 aromatic carbocycles. The van der Waals surface area contributed by atoms with Gasteiger partial charge in [-0.05, 0) is 24.6 Å². The van der Waals surface area contributed by atoms with Gasteiger partial charge in [-0.15, -0.1) is 0 Å². The Morgan fingerprint density at radius 2 is 2.00 bits per heavy atom. The number of H-pyrrole nitrogens is 1. The predicted octanol–water partition coefficient (Wildman–Crippen LogP) is 3.66. The molecule has 0 saturated heterocycles. The van der Waals surface area contributed by atoms with Crippen LogP contribution in [0.2, 0.25) is 0 Å². The SMILES string of the molecule is Cc1[nH]c2ccccc2c1CC(=O)N[C@H]1CCOc2ccccc21. The topological polar surface area (TPSA) is 54.1 Å². The third-order valence-corrected chi connectivity index (χ3v) is 4.66. The summed E-state index contributed by atoms with van der Waals surface area (Å²) in [5, 5.41) is 4.30. The zero-order valence-electron chi connectivity index (χ0n) is 13.6. The van der Waals surface area contributed by atoms with E-state index in [9.17, 15) is 4.79 Å². The summed E-state index contributed by atoms with van der Waals surface area (Å²) in [6.07, 6.45) is 1.19. The summed E-state index contributed by atoms with van der Waals surface area (Å²) in [5.41, 5.74) is 4.27.